The van der Waals surface area contributed by atoms with Crippen molar-refractivity contribution >= 4 is 5.88 Å². The molecule has 4 heteroatoms. The molecule has 0 radical (unpaired) electrons. The lowest BCUT2D eigenvalue weighted by molar-refractivity contribution is 0.194. The van der Waals surface area contributed by atoms with E-state index in [0.29, 0.717) is 11.8 Å². The summed E-state index contributed by atoms with van der Waals surface area (Å²) < 4.78 is 10.3. The van der Waals surface area contributed by atoms with Crippen LogP contribution >= 0.6 is 0 Å². The van der Waals surface area contributed by atoms with Crippen LogP contribution in [0, 0.1) is 0 Å². The summed E-state index contributed by atoms with van der Waals surface area (Å²) in [5.74, 6) is 0.862. The zero-order valence-electron chi connectivity index (χ0n) is 9.43. The van der Waals surface area contributed by atoms with Crippen molar-refractivity contribution in [3.63, 3.8) is 0 Å². The van der Waals surface area contributed by atoms with Crippen molar-refractivity contribution in [3.05, 3.63) is 36.0 Å². The standard InChI is InChI=1S/C13H14N2O2/c14-13-12(7-15-17-13)10-3-1-2-9(6-10)11-4-5-16-8-11/h1-3,6-7,11H,4-5,8,14H2. The van der Waals surface area contributed by atoms with Crippen LogP contribution in [0.2, 0.25) is 0 Å². The van der Waals surface area contributed by atoms with Gasteiger partial charge in [0, 0.05) is 12.5 Å². The van der Waals surface area contributed by atoms with E-state index in [1.807, 2.05) is 12.1 Å². The molecule has 2 aromatic rings. The second-order valence-electron chi connectivity index (χ2n) is 4.29. The minimum absolute atomic E-state index is 0.366. The summed E-state index contributed by atoms with van der Waals surface area (Å²) in [5, 5.41) is 3.70. The van der Waals surface area contributed by atoms with Gasteiger partial charge < -0.3 is 15.0 Å². The minimum atomic E-state index is 0.366. The summed E-state index contributed by atoms with van der Waals surface area (Å²) in [6.07, 6.45) is 2.74. The molecule has 2 N–H and O–H groups in total. The third-order valence-corrected chi connectivity index (χ3v) is 3.20. The molecule has 1 aliphatic rings. The van der Waals surface area contributed by atoms with Gasteiger partial charge in [-0.25, -0.2) is 0 Å². The van der Waals surface area contributed by atoms with Crippen LogP contribution in [0.3, 0.4) is 0 Å². The predicted molar refractivity (Wildman–Crippen MR) is 64.5 cm³/mol. The first-order valence-corrected chi connectivity index (χ1v) is 5.73. The number of nitrogens with zero attached hydrogens (tertiary/aromatic N) is 1. The summed E-state index contributed by atoms with van der Waals surface area (Å²) in [6.45, 7) is 1.66. The first kappa shape index (κ1) is 10.4. The smallest absolute Gasteiger partial charge is 0.229 e. The van der Waals surface area contributed by atoms with E-state index in [-0.39, 0.29) is 0 Å². The number of benzene rings is 1. The number of nitrogen functional groups attached to an aromatic ring is 1. The second-order valence-corrected chi connectivity index (χ2v) is 4.29. The second kappa shape index (κ2) is 4.22. The topological polar surface area (TPSA) is 61.3 Å². The number of hydrogen-bond acceptors (Lipinski definition) is 4. The van der Waals surface area contributed by atoms with Crippen LogP contribution in [-0.2, 0) is 4.74 Å². The van der Waals surface area contributed by atoms with Gasteiger partial charge in [0.1, 0.15) is 0 Å². The Kier molecular flexibility index (Phi) is 2.57. The normalized spacial score (nSPS) is 19.6. The molecule has 1 atom stereocenters. The number of nitrogens with two attached hydrogens (primary N) is 1. The maximum Gasteiger partial charge on any atom is 0.229 e. The van der Waals surface area contributed by atoms with Crippen LogP contribution in [-0.4, -0.2) is 18.4 Å². The van der Waals surface area contributed by atoms with Crippen molar-refractivity contribution in [2.45, 2.75) is 12.3 Å². The van der Waals surface area contributed by atoms with Gasteiger partial charge in [0.05, 0.1) is 18.4 Å². The Balaban J connectivity index is 1.96. The molecule has 1 unspecified atom stereocenters. The highest BCUT2D eigenvalue weighted by Gasteiger charge is 2.18. The van der Waals surface area contributed by atoms with Gasteiger partial charge in [0.15, 0.2) is 0 Å². The zero-order valence-corrected chi connectivity index (χ0v) is 9.43. The lowest BCUT2D eigenvalue weighted by Crippen LogP contribution is -1.97. The Morgan fingerprint density at radius 1 is 1.35 bits per heavy atom. The average Bonchev–Trinajstić information content (AvgIpc) is 2.99. The molecule has 0 bridgehead atoms. The van der Waals surface area contributed by atoms with Gasteiger partial charge in [-0.05, 0) is 17.5 Å². The summed E-state index contributed by atoms with van der Waals surface area (Å²) in [6, 6.07) is 8.33. The first-order chi connectivity index (χ1) is 8.34. The Labute approximate surface area is 99.4 Å². The highest BCUT2D eigenvalue weighted by molar-refractivity contribution is 5.72. The fraction of sp³-hybridized carbons (Fsp3) is 0.308. The van der Waals surface area contributed by atoms with Crippen molar-refractivity contribution in [1.29, 1.82) is 0 Å². The van der Waals surface area contributed by atoms with Crippen molar-refractivity contribution in [2.75, 3.05) is 18.9 Å². The Morgan fingerprint density at radius 3 is 3.00 bits per heavy atom. The Bertz CT molecular complexity index is 516. The molecule has 1 aliphatic heterocycles. The van der Waals surface area contributed by atoms with Gasteiger partial charge in [-0.3, -0.25) is 0 Å². The minimum Gasteiger partial charge on any atom is -0.381 e. The molecule has 0 amide bonds. The molecule has 0 aliphatic carbocycles. The molecular formula is C13H14N2O2. The third-order valence-electron chi connectivity index (χ3n) is 3.20. The number of rotatable bonds is 2. The van der Waals surface area contributed by atoms with Crippen molar-refractivity contribution in [2.24, 2.45) is 0 Å². The quantitative estimate of drug-likeness (QED) is 0.860. The molecule has 17 heavy (non-hydrogen) atoms. The Morgan fingerprint density at radius 2 is 2.29 bits per heavy atom. The fourth-order valence-corrected chi connectivity index (χ4v) is 2.22. The lowest BCUT2D eigenvalue weighted by atomic mass is 9.95. The van der Waals surface area contributed by atoms with Gasteiger partial charge in [0.25, 0.3) is 0 Å². The molecule has 4 nitrogen and oxygen atoms in total. The van der Waals surface area contributed by atoms with E-state index >= 15 is 0 Å². The van der Waals surface area contributed by atoms with E-state index in [9.17, 15) is 0 Å². The van der Waals surface area contributed by atoms with Crippen molar-refractivity contribution < 1.29 is 9.26 Å². The molecule has 1 saturated heterocycles. The van der Waals surface area contributed by atoms with Gasteiger partial charge >= 0.3 is 0 Å². The molecule has 2 heterocycles. The summed E-state index contributed by atoms with van der Waals surface area (Å²) >= 11 is 0. The SMILES string of the molecule is Nc1oncc1-c1cccc(C2CCOC2)c1. The molecule has 1 aromatic carbocycles. The number of ether oxygens (including phenoxy) is 1. The van der Waals surface area contributed by atoms with Gasteiger partial charge in [-0.1, -0.05) is 29.4 Å². The van der Waals surface area contributed by atoms with E-state index in [1.165, 1.54) is 5.56 Å². The molecule has 0 spiro atoms. The Hall–Kier alpha value is -1.81. The van der Waals surface area contributed by atoms with E-state index in [0.717, 1.165) is 30.8 Å². The van der Waals surface area contributed by atoms with E-state index < -0.39 is 0 Å². The van der Waals surface area contributed by atoms with Crippen LogP contribution in [0.15, 0.2) is 35.0 Å². The lowest BCUT2D eigenvalue weighted by Gasteiger charge is -2.09. The molecular weight excluding hydrogens is 216 g/mol. The fourth-order valence-electron chi connectivity index (χ4n) is 2.22. The maximum atomic E-state index is 5.72. The summed E-state index contributed by atoms with van der Waals surface area (Å²) in [5.41, 5.74) is 8.92. The maximum absolute atomic E-state index is 5.72. The van der Waals surface area contributed by atoms with Gasteiger partial charge in [-0.2, -0.15) is 0 Å². The largest absolute Gasteiger partial charge is 0.381 e. The summed E-state index contributed by atoms with van der Waals surface area (Å²) in [4.78, 5) is 0. The summed E-state index contributed by atoms with van der Waals surface area (Å²) in [7, 11) is 0. The molecule has 3 rings (SSSR count). The van der Waals surface area contributed by atoms with E-state index in [1.54, 1.807) is 6.20 Å². The number of anilines is 1. The highest BCUT2D eigenvalue weighted by atomic mass is 16.5. The van der Waals surface area contributed by atoms with Crippen LogP contribution < -0.4 is 5.73 Å². The van der Waals surface area contributed by atoms with Crippen LogP contribution in [0.1, 0.15) is 17.9 Å². The highest BCUT2D eigenvalue weighted by Crippen LogP contribution is 2.31. The van der Waals surface area contributed by atoms with Crippen LogP contribution in [0.25, 0.3) is 11.1 Å². The van der Waals surface area contributed by atoms with Gasteiger partial charge in [-0.15, -0.1) is 0 Å². The van der Waals surface area contributed by atoms with Gasteiger partial charge in [0.2, 0.25) is 5.88 Å². The average molecular weight is 230 g/mol. The molecule has 1 aromatic heterocycles. The van der Waals surface area contributed by atoms with Crippen molar-refractivity contribution in [1.82, 2.24) is 5.16 Å². The zero-order chi connectivity index (χ0) is 11.7. The van der Waals surface area contributed by atoms with Crippen molar-refractivity contribution in [3.8, 4) is 11.1 Å². The molecule has 1 fully saturated rings. The van der Waals surface area contributed by atoms with Crippen LogP contribution in [0.4, 0.5) is 5.88 Å². The van der Waals surface area contributed by atoms with E-state index in [4.69, 9.17) is 15.0 Å². The monoisotopic (exact) mass is 230 g/mol. The number of aromatic nitrogens is 1. The van der Waals surface area contributed by atoms with Crippen LogP contribution in [0.5, 0.6) is 0 Å². The molecule has 0 saturated carbocycles. The first-order valence-electron chi connectivity index (χ1n) is 5.73. The molecule has 88 valence electrons. The third kappa shape index (κ3) is 1.91. The van der Waals surface area contributed by atoms with E-state index in [2.05, 4.69) is 17.3 Å². The predicted octanol–water partition coefficient (Wildman–Crippen LogP) is 2.43. The number of hydrogen-bond donors (Lipinski definition) is 1.